The number of allylic oxidation sites excluding steroid dienone is 10. The number of rotatable bonds is 7. The summed E-state index contributed by atoms with van der Waals surface area (Å²) in [7, 11) is 3.98. The molecule has 0 amide bonds. The number of benzene rings is 1. The predicted octanol–water partition coefficient (Wildman–Crippen LogP) is 6.76. The highest BCUT2D eigenvalue weighted by Gasteiger charge is 2.14. The van der Waals surface area contributed by atoms with E-state index in [1.807, 2.05) is 43.5 Å². The van der Waals surface area contributed by atoms with Gasteiger partial charge in [0.25, 0.3) is 0 Å². The molecule has 30 heavy (non-hydrogen) atoms. The number of likely N-dealkylation sites (N-methyl/N-ethyl adjacent to an activating group) is 1. The van der Waals surface area contributed by atoms with Crippen LogP contribution in [0.15, 0.2) is 101 Å². The number of nitrogens with zero attached hydrogens (tertiary/aromatic N) is 2. The van der Waals surface area contributed by atoms with E-state index in [1.165, 1.54) is 11.3 Å². The molecule has 1 aromatic rings. The average Bonchev–Trinajstić information content (AvgIpc) is 2.78. The van der Waals surface area contributed by atoms with Crippen molar-refractivity contribution in [3.05, 3.63) is 107 Å². The Labute approximate surface area is 181 Å². The van der Waals surface area contributed by atoms with E-state index in [1.54, 1.807) is 0 Å². The van der Waals surface area contributed by atoms with Gasteiger partial charge in [0.1, 0.15) is 0 Å². The monoisotopic (exact) mass is 397 g/mol. The summed E-state index contributed by atoms with van der Waals surface area (Å²) < 4.78 is 0. The first kappa shape index (κ1) is 22.8. The van der Waals surface area contributed by atoms with Crippen LogP contribution in [0.2, 0.25) is 0 Å². The van der Waals surface area contributed by atoms with E-state index in [4.69, 9.17) is 0 Å². The summed E-state index contributed by atoms with van der Waals surface area (Å²) in [5, 5.41) is 12.7. The molecule has 1 aliphatic rings. The maximum absolute atomic E-state index is 9.46. The Morgan fingerprint density at radius 3 is 2.70 bits per heavy atom. The summed E-state index contributed by atoms with van der Waals surface area (Å²) >= 11 is 0. The van der Waals surface area contributed by atoms with Crippen molar-refractivity contribution in [1.82, 2.24) is 4.90 Å². The highest BCUT2D eigenvalue weighted by atomic mass is 15.1. The lowest BCUT2D eigenvalue weighted by molar-refractivity contribution is 0.538. The lowest BCUT2D eigenvalue weighted by Gasteiger charge is -2.28. The maximum atomic E-state index is 9.46. The first-order chi connectivity index (χ1) is 14.6. The molecule has 2 rings (SSSR count). The largest absolute Gasteiger partial charge is 0.388 e. The SMILES string of the molecule is C/C=C1C=C\C(=C/C=C(C#N)/C=C/C/C=C\c2ccccc2NC)N(C)C/1=C/CC. The molecular formula is C27H31N3. The molecule has 0 aliphatic carbocycles. The fourth-order valence-corrected chi connectivity index (χ4v) is 3.21. The molecule has 0 fully saturated rings. The molecule has 0 bridgehead atoms. The standard InChI is InChI=1S/C27H31N3/c1-5-12-27-23(6-2)18-20-25(30(27)4)19-17-22(21-28)13-8-7-9-14-24-15-10-11-16-26(24)29-3/h6,8-20,29H,5,7H2,1-4H3/b13-8+,14-9-,22-17-,23-6-,25-19+,27-12+. The second kappa shape index (κ2) is 12.1. The van der Waals surface area contributed by atoms with Crippen molar-refractivity contribution in [2.24, 2.45) is 0 Å². The minimum atomic E-state index is 0.631. The van der Waals surface area contributed by atoms with Crippen LogP contribution in [0.25, 0.3) is 6.08 Å². The van der Waals surface area contributed by atoms with Crippen molar-refractivity contribution in [2.45, 2.75) is 26.7 Å². The van der Waals surface area contributed by atoms with Crippen molar-refractivity contribution in [3.63, 3.8) is 0 Å². The fraction of sp³-hybridized carbons (Fsp3) is 0.222. The molecular weight excluding hydrogens is 366 g/mol. The van der Waals surface area contributed by atoms with Crippen LogP contribution in [0.5, 0.6) is 0 Å². The van der Waals surface area contributed by atoms with Crippen LogP contribution in [0, 0.1) is 11.3 Å². The molecule has 0 spiro atoms. The Bertz CT molecular complexity index is 976. The van der Waals surface area contributed by atoms with Crippen LogP contribution in [0.3, 0.4) is 0 Å². The first-order valence-corrected chi connectivity index (χ1v) is 10.3. The van der Waals surface area contributed by atoms with Gasteiger partial charge in [0.2, 0.25) is 0 Å². The van der Waals surface area contributed by atoms with Gasteiger partial charge in [-0.1, -0.05) is 61.6 Å². The van der Waals surface area contributed by atoms with Crippen molar-refractivity contribution < 1.29 is 0 Å². The molecule has 0 atom stereocenters. The number of nitriles is 1. The highest BCUT2D eigenvalue weighted by molar-refractivity contribution is 5.66. The van der Waals surface area contributed by atoms with Gasteiger partial charge in [0.15, 0.2) is 0 Å². The van der Waals surface area contributed by atoms with Crippen LogP contribution >= 0.6 is 0 Å². The van der Waals surface area contributed by atoms with Crippen molar-refractivity contribution in [3.8, 4) is 6.07 Å². The Hall–Kier alpha value is -3.51. The number of hydrogen-bond acceptors (Lipinski definition) is 3. The van der Waals surface area contributed by atoms with Crippen molar-refractivity contribution in [1.29, 1.82) is 5.26 Å². The fourth-order valence-electron chi connectivity index (χ4n) is 3.21. The third kappa shape index (κ3) is 6.25. The minimum Gasteiger partial charge on any atom is -0.388 e. The van der Waals surface area contributed by atoms with E-state index in [9.17, 15) is 5.26 Å². The molecule has 0 unspecified atom stereocenters. The molecule has 3 nitrogen and oxygen atoms in total. The van der Waals surface area contributed by atoms with Crippen LogP contribution in [-0.4, -0.2) is 19.0 Å². The second-order valence-electron chi connectivity index (χ2n) is 6.84. The molecule has 1 aliphatic heterocycles. The van der Waals surface area contributed by atoms with Gasteiger partial charge in [-0.05, 0) is 61.3 Å². The van der Waals surface area contributed by atoms with Gasteiger partial charge in [-0.25, -0.2) is 0 Å². The molecule has 0 saturated heterocycles. The van der Waals surface area contributed by atoms with Crippen molar-refractivity contribution >= 4 is 11.8 Å². The molecule has 0 radical (unpaired) electrons. The molecule has 3 heteroatoms. The van der Waals surface area contributed by atoms with E-state index in [-0.39, 0.29) is 0 Å². The molecule has 1 heterocycles. The summed E-state index contributed by atoms with van der Waals surface area (Å²) in [4.78, 5) is 2.16. The Balaban J connectivity index is 2.08. The predicted molar refractivity (Wildman–Crippen MR) is 130 cm³/mol. The third-order valence-corrected chi connectivity index (χ3v) is 4.85. The zero-order valence-electron chi connectivity index (χ0n) is 18.4. The van der Waals surface area contributed by atoms with E-state index >= 15 is 0 Å². The highest BCUT2D eigenvalue weighted by Crippen LogP contribution is 2.26. The van der Waals surface area contributed by atoms with E-state index in [0.29, 0.717) is 5.57 Å². The summed E-state index contributed by atoms with van der Waals surface area (Å²) in [6.45, 7) is 4.19. The zero-order valence-corrected chi connectivity index (χ0v) is 18.4. The Morgan fingerprint density at radius 2 is 2.00 bits per heavy atom. The quantitative estimate of drug-likeness (QED) is 0.408. The van der Waals surface area contributed by atoms with E-state index in [2.05, 4.69) is 85.8 Å². The smallest absolute Gasteiger partial charge is 0.0991 e. The lowest BCUT2D eigenvalue weighted by Crippen LogP contribution is -2.20. The van der Waals surface area contributed by atoms with E-state index in [0.717, 1.165) is 29.8 Å². The number of anilines is 1. The molecule has 154 valence electrons. The third-order valence-electron chi connectivity index (χ3n) is 4.85. The van der Waals surface area contributed by atoms with Crippen LogP contribution < -0.4 is 5.32 Å². The maximum Gasteiger partial charge on any atom is 0.0991 e. The first-order valence-electron chi connectivity index (χ1n) is 10.3. The minimum absolute atomic E-state index is 0.631. The summed E-state index contributed by atoms with van der Waals surface area (Å²) in [6.07, 6.45) is 22.2. The average molecular weight is 398 g/mol. The topological polar surface area (TPSA) is 39.1 Å². The Morgan fingerprint density at radius 1 is 1.20 bits per heavy atom. The van der Waals surface area contributed by atoms with Gasteiger partial charge in [0, 0.05) is 31.2 Å². The lowest BCUT2D eigenvalue weighted by atomic mass is 10.0. The van der Waals surface area contributed by atoms with Crippen molar-refractivity contribution in [2.75, 3.05) is 19.4 Å². The summed E-state index contributed by atoms with van der Waals surface area (Å²) in [6, 6.07) is 10.4. The van der Waals surface area contributed by atoms with Crippen LogP contribution in [0.1, 0.15) is 32.3 Å². The van der Waals surface area contributed by atoms with Gasteiger partial charge >= 0.3 is 0 Å². The van der Waals surface area contributed by atoms with E-state index < -0.39 is 0 Å². The number of hydrogen-bond donors (Lipinski definition) is 1. The van der Waals surface area contributed by atoms with Gasteiger partial charge < -0.3 is 10.2 Å². The summed E-state index contributed by atoms with van der Waals surface area (Å²) in [5.74, 6) is 0. The molecule has 0 saturated carbocycles. The van der Waals surface area contributed by atoms with Gasteiger partial charge in [-0.2, -0.15) is 5.26 Å². The summed E-state index contributed by atoms with van der Waals surface area (Å²) in [5.41, 5.74) is 6.36. The van der Waals surface area contributed by atoms with Gasteiger partial charge in [0.05, 0.1) is 11.6 Å². The van der Waals surface area contributed by atoms with Crippen LogP contribution in [-0.2, 0) is 0 Å². The molecule has 1 aromatic carbocycles. The van der Waals surface area contributed by atoms with Gasteiger partial charge in [-0.3, -0.25) is 0 Å². The molecule has 0 aromatic heterocycles. The zero-order chi connectivity index (χ0) is 21.8. The Kier molecular flexibility index (Phi) is 9.21. The molecule has 1 N–H and O–H groups in total. The number of para-hydroxylation sites is 1. The second-order valence-corrected chi connectivity index (χ2v) is 6.84. The van der Waals surface area contributed by atoms with Crippen LogP contribution in [0.4, 0.5) is 5.69 Å². The normalized spacial score (nSPS) is 18.8. The number of nitrogens with one attached hydrogen (secondary N) is 1. The van der Waals surface area contributed by atoms with Gasteiger partial charge in [-0.15, -0.1) is 0 Å².